The van der Waals surface area contributed by atoms with E-state index in [1.807, 2.05) is 0 Å². The summed E-state index contributed by atoms with van der Waals surface area (Å²) in [4.78, 5) is 3.58. The second kappa shape index (κ2) is 4.12. The van der Waals surface area contributed by atoms with E-state index in [-0.39, 0.29) is 3.70 Å². The fourth-order valence-corrected chi connectivity index (χ4v) is 1.66. The molecule has 0 aliphatic heterocycles. The second-order valence-electron chi connectivity index (χ2n) is 2.28. The molecule has 0 radical (unpaired) electrons. The zero-order chi connectivity index (χ0) is 11.7. The summed E-state index contributed by atoms with van der Waals surface area (Å²) in [6.07, 6.45) is 1.30. The Morgan fingerprint density at radius 2 is 2.00 bits per heavy atom. The van der Waals surface area contributed by atoms with Gasteiger partial charge < -0.3 is 4.18 Å². The van der Waals surface area contributed by atoms with Crippen LogP contribution < -0.4 is 4.18 Å². The van der Waals surface area contributed by atoms with E-state index in [9.17, 15) is 21.6 Å². The first-order valence-electron chi connectivity index (χ1n) is 3.35. The van der Waals surface area contributed by atoms with Crippen LogP contribution in [0.4, 0.5) is 13.2 Å². The molecule has 9 heteroatoms. The number of halogens is 4. The quantitative estimate of drug-likeness (QED) is 0.353. The Morgan fingerprint density at radius 1 is 1.40 bits per heavy atom. The van der Waals surface area contributed by atoms with Gasteiger partial charge in [-0.1, -0.05) is 0 Å². The average molecular weight is 353 g/mol. The molecule has 0 unspecified atom stereocenters. The molecule has 0 fully saturated rings. The van der Waals surface area contributed by atoms with Crippen LogP contribution in [0.25, 0.3) is 0 Å². The van der Waals surface area contributed by atoms with Gasteiger partial charge >= 0.3 is 15.6 Å². The van der Waals surface area contributed by atoms with E-state index >= 15 is 0 Å². The lowest BCUT2D eigenvalue weighted by Crippen LogP contribution is -2.28. The molecule has 0 aliphatic carbocycles. The van der Waals surface area contributed by atoms with Crippen LogP contribution in [0.3, 0.4) is 0 Å². The predicted molar refractivity (Wildman–Crippen MR) is 52.6 cm³/mol. The molecular formula is C6H3F3INO3S. The smallest absolute Gasteiger partial charge is 0.373 e. The van der Waals surface area contributed by atoms with E-state index in [1.54, 1.807) is 22.6 Å². The minimum atomic E-state index is -5.62. The molecule has 1 heterocycles. The van der Waals surface area contributed by atoms with Crippen molar-refractivity contribution in [2.45, 2.75) is 5.51 Å². The monoisotopic (exact) mass is 353 g/mol. The Hall–Kier alpha value is -0.580. The highest BCUT2D eigenvalue weighted by Crippen LogP contribution is 2.28. The summed E-state index contributed by atoms with van der Waals surface area (Å²) < 4.78 is 60.8. The predicted octanol–water partition coefficient (Wildman–Crippen LogP) is 1.91. The Kier molecular flexibility index (Phi) is 3.43. The Bertz CT molecular complexity index is 459. The number of hydrogen-bond donors (Lipinski definition) is 0. The first-order valence-corrected chi connectivity index (χ1v) is 5.84. The van der Waals surface area contributed by atoms with Gasteiger partial charge in [0.25, 0.3) is 0 Å². The van der Waals surface area contributed by atoms with Gasteiger partial charge in [-0.25, -0.2) is 4.98 Å². The molecule has 0 atom stereocenters. The maximum atomic E-state index is 11.9. The number of hydrogen-bond acceptors (Lipinski definition) is 4. The van der Waals surface area contributed by atoms with E-state index in [0.717, 1.165) is 6.07 Å². The van der Waals surface area contributed by atoms with Crippen LogP contribution in [0.1, 0.15) is 0 Å². The summed E-state index contributed by atoms with van der Waals surface area (Å²) in [5, 5.41) is 0. The van der Waals surface area contributed by atoms with Crippen molar-refractivity contribution in [3.63, 3.8) is 0 Å². The maximum Gasteiger partial charge on any atom is 0.534 e. The highest BCUT2D eigenvalue weighted by atomic mass is 127. The van der Waals surface area contributed by atoms with Crippen molar-refractivity contribution in [3.8, 4) is 5.75 Å². The zero-order valence-corrected chi connectivity index (χ0v) is 9.80. The van der Waals surface area contributed by atoms with Crippen LogP contribution in [0.15, 0.2) is 18.3 Å². The van der Waals surface area contributed by atoms with Gasteiger partial charge in [0, 0.05) is 6.20 Å². The third-order valence-electron chi connectivity index (χ3n) is 1.21. The molecule has 0 spiro atoms. The van der Waals surface area contributed by atoms with Gasteiger partial charge in [0.1, 0.15) is 3.70 Å². The first kappa shape index (κ1) is 12.5. The summed E-state index contributed by atoms with van der Waals surface area (Å²) in [6, 6.07) is 2.35. The van der Waals surface area contributed by atoms with Crippen molar-refractivity contribution >= 4 is 32.7 Å². The van der Waals surface area contributed by atoms with Crippen molar-refractivity contribution in [2.75, 3.05) is 0 Å². The van der Waals surface area contributed by atoms with Gasteiger partial charge in [0.15, 0.2) is 5.75 Å². The zero-order valence-electron chi connectivity index (χ0n) is 6.82. The number of alkyl halides is 3. The lowest BCUT2D eigenvalue weighted by Gasteiger charge is -2.09. The highest BCUT2D eigenvalue weighted by molar-refractivity contribution is 14.1. The molecule has 0 N–H and O–H groups in total. The van der Waals surface area contributed by atoms with Crippen molar-refractivity contribution < 1.29 is 25.8 Å². The largest absolute Gasteiger partial charge is 0.534 e. The molecule has 4 nitrogen and oxygen atoms in total. The summed E-state index contributed by atoms with van der Waals surface area (Å²) in [5.74, 6) is -0.449. The van der Waals surface area contributed by atoms with E-state index in [0.29, 0.717) is 0 Å². The lowest BCUT2D eigenvalue weighted by atomic mass is 10.5. The second-order valence-corrected chi connectivity index (χ2v) is 4.84. The summed E-state index contributed by atoms with van der Waals surface area (Å²) in [6.45, 7) is 0. The van der Waals surface area contributed by atoms with Crippen molar-refractivity contribution in [1.29, 1.82) is 0 Å². The van der Waals surface area contributed by atoms with Gasteiger partial charge in [0.05, 0.1) is 0 Å². The fourth-order valence-electron chi connectivity index (χ4n) is 0.599. The van der Waals surface area contributed by atoms with Gasteiger partial charge in [-0.3, -0.25) is 0 Å². The first-order chi connectivity index (χ1) is 6.74. The summed E-state index contributed by atoms with van der Waals surface area (Å²) in [7, 11) is -5.62. The third kappa shape index (κ3) is 2.93. The summed E-state index contributed by atoms with van der Waals surface area (Å²) in [5.41, 5.74) is -5.44. The molecule has 1 aromatic rings. The maximum absolute atomic E-state index is 11.9. The average Bonchev–Trinajstić information content (AvgIpc) is 2.06. The Balaban J connectivity index is 3.03. The van der Waals surface area contributed by atoms with Crippen LogP contribution in [0.2, 0.25) is 0 Å². The number of aromatic nitrogens is 1. The fraction of sp³-hybridized carbons (Fsp3) is 0.167. The Morgan fingerprint density at radius 3 is 2.47 bits per heavy atom. The van der Waals surface area contributed by atoms with Gasteiger partial charge in [0.2, 0.25) is 0 Å². The standard InChI is InChI=1S/C6H3F3INO3S/c7-6(8,9)15(12,13)14-4-2-1-3-11-5(4)10/h1-3H. The van der Waals surface area contributed by atoms with Crippen LogP contribution in [0.5, 0.6) is 5.75 Å². The molecular weight excluding hydrogens is 350 g/mol. The number of nitrogens with zero attached hydrogens (tertiary/aromatic N) is 1. The van der Waals surface area contributed by atoms with Crippen LogP contribution in [0, 0.1) is 3.70 Å². The van der Waals surface area contributed by atoms with E-state index in [4.69, 9.17) is 0 Å². The highest BCUT2D eigenvalue weighted by Gasteiger charge is 2.48. The van der Waals surface area contributed by atoms with Gasteiger partial charge in [-0.15, -0.1) is 0 Å². The van der Waals surface area contributed by atoms with Crippen LogP contribution >= 0.6 is 22.6 Å². The topological polar surface area (TPSA) is 56.3 Å². The molecule has 1 aromatic heterocycles. The van der Waals surface area contributed by atoms with Crippen molar-refractivity contribution in [2.24, 2.45) is 0 Å². The number of pyridine rings is 1. The van der Waals surface area contributed by atoms with E-state index < -0.39 is 21.4 Å². The normalized spacial score (nSPS) is 12.5. The summed E-state index contributed by atoms with van der Waals surface area (Å²) >= 11 is 1.56. The molecule has 0 aromatic carbocycles. The minimum Gasteiger partial charge on any atom is -0.373 e. The molecule has 0 bridgehead atoms. The molecule has 1 rings (SSSR count). The molecule has 0 amide bonds. The van der Waals surface area contributed by atoms with E-state index in [2.05, 4.69) is 9.17 Å². The van der Waals surface area contributed by atoms with E-state index in [1.165, 1.54) is 12.3 Å². The van der Waals surface area contributed by atoms with Crippen LogP contribution in [-0.4, -0.2) is 18.9 Å². The van der Waals surface area contributed by atoms with Crippen molar-refractivity contribution in [1.82, 2.24) is 4.98 Å². The molecule has 0 aliphatic rings. The van der Waals surface area contributed by atoms with Crippen LogP contribution in [-0.2, 0) is 10.1 Å². The number of rotatable bonds is 2. The molecule has 0 saturated carbocycles. The minimum absolute atomic E-state index is 0.0305. The van der Waals surface area contributed by atoms with Gasteiger partial charge in [-0.2, -0.15) is 21.6 Å². The lowest BCUT2D eigenvalue weighted by molar-refractivity contribution is -0.0500. The van der Waals surface area contributed by atoms with Crippen molar-refractivity contribution in [3.05, 3.63) is 22.0 Å². The van der Waals surface area contributed by atoms with Gasteiger partial charge in [-0.05, 0) is 34.7 Å². The SMILES string of the molecule is O=S(=O)(Oc1cccnc1I)C(F)(F)F. The third-order valence-corrected chi connectivity index (χ3v) is 2.98. The molecule has 84 valence electrons. The molecule has 0 saturated heterocycles. The molecule has 15 heavy (non-hydrogen) atoms. The Labute approximate surface area is 96.7 Å².